The number of carbonyl (C=O) groups excluding carboxylic acids is 1. The summed E-state index contributed by atoms with van der Waals surface area (Å²) in [5.41, 5.74) is 0. The molecule has 0 aromatic rings. The van der Waals surface area contributed by atoms with Crippen molar-refractivity contribution in [1.29, 1.82) is 0 Å². The Morgan fingerprint density at radius 3 is 2.27 bits per heavy atom. The van der Waals surface area contributed by atoms with Crippen LogP contribution in [0.2, 0.25) is 0 Å². The van der Waals surface area contributed by atoms with Gasteiger partial charge in [-0.25, -0.2) is 0 Å². The summed E-state index contributed by atoms with van der Waals surface area (Å²) in [5.74, 6) is 0. The van der Waals surface area contributed by atoms with Crippen molar-refractivity contribution in [1.82, 2.24) is 0 Å². The summed E-state index contributed by atoms with van der Waals surface area (Å²) in [7, 11) is -4.16. The number of thioether (sulfide) groups is 1. The van der Waals surface area contributed by atoms with Crippen LogP contribution in [0.3, 0.4) is 0 Å². The quantitative estimate of drug-likeness (QED) is 0.750. The van der Waals surface area contributed by atoms with Crippen molar-refractivity contribution in [2.24, 2.45) is 0 Å². The van der Waals surface area contributed by atoms with E-state index in [0.717, 1.165) is 11.8 Å². The summed E-state index contributed by atoms with van der Waals surface area (Å²) in [6.45, 7) is 3.57. The molecule has 1 fully saturated rings. The first-order valence-corrected chi connectivity index (χ1v) is 7.61. The van der Waals surface area contributed by atoms with Gasteiger partial charge in [0, 0.05) is 11.7 Å². The van der Waals surface area contributed by atoms with Crippen LogP contribution in [0, 0.1) is 0 Å². The van der Waals surface area contributed by atoms with E-state index in [4.69, 9.17) is 0 Å². The molecule has 1 saturated heterocycles. The summed E-state index contributed by atoms with van der Waals surface area (Å²) in [4.78, 5) is 30.1. The third-order valence-electron chi connectivity index (χ3n) is 3.29. The molecule has 15 heavy (non-hydrogen) atoms. The van der Waals surface area contributed by atoms with Crippen molar-refractivity contribution in [3.63, 3.8) is 0 Å². The number of rotatable bonds is 4. The summed E-state index contributed by atoms with van der Waals surface area (Å²) in [5, 5.41) is -1.18. The summed E-state index contributed by atoms with van der Waals surface area (Å²) in [6.07, 6.45) is 1.87. The molecule has 0 amide bonds. The predicted octanol–water partition coefficient (Wildman–Crippen LogP) is 2.15. The molecule has 0 bridgehead atoms. The highest BCUT2D eigenvalue weighted by atomic mass is 32.2. The highest BCUT2D eigenvalue weighted by molar-refractivity contribution is 8.14. The van der Waals surface area contributed by atoms with E-state index < -0.39 is 12.8 Å². The van der Waals surface area contributed by atoms with Crippen LogP contribution in [-0.4, -0.2) is 25.3 Å². The second kappa shape index (κ2) is 4.58. The van der Waals surface area contributed by atoms with Crippen LogP contribution < -0.4 is 0 Å². The number of carbonyl (C=O) groups is 1. The molecule has 1 rings (SSSR count). The molecule has 1 heterocycles. The van der Waals surface area contributed by atoms with Crippen molar-refractivity contribution >= 4 is 24.5 Å². The third kappa shape index (κ3) is 2.31. The Kier molecular flexibility index (Phi) is 4.04. The lowest BCUT2D eigenvalue weighted by Gasteiger charge is -2.36. The van der Waals surface area contributed by atoms with Gasteiger partial charge in [0.05, 0.1) is 5.16 Å². The second-order valence-electron chi connectivity index (χ2n) is 3.87. The fraction of sp³-hybridized carbons (Fsp3) is 0.889. The zero-order valence-corrected chi connectivity index (χ0v) is 10.7. The topological polar surface area (TPSA) is 74.6 Å². The summed E-state index contributed by atoms with van der Waals surface area (Å²) >= 11 is 1.12. The maximum atomic E-state index is 11.6. The minimum atomic E-state index is -4.16. The Morgan fingerprint density at radius 2 is 2.00 bits per heavy atom. The van der Waals surface area contributed by atoms with E-state index >= 15 is 0 Å². The Bertz CT molecular complexity index is 294. The van der Waals surface area contributed by atoms with E-state index in [-0.39, 0.29) is 10.4 Å². The lowest BCUT2D eigenvalue weighted by molar-refractivity contribution is -0.110. The third-order valence-corrected chi connectivity index (χ3v) is 7.01. The van der Waals surface area contributed by atoms with Crippen LogP contribution in [0.15, 0.2) is 0 Å². The molecule has 6 heteroatoms. The Labute approximate surface area is 94.0 Å². The van der Waals surface area contributed by atoms with Gasteiger partial charge >= 0.3 is 7.60 Å². The highest BCUT2D eigenvalue weighted by Gasteiger charge is 2.52. The maximum Gasteiger partial charge on any atom is 0.332 e. The molecular formula is C9H17O4PS. The van der Waals surface area contributed by atoms with Gasteiger partial charge < -0.3 is 9.79 Å². The Morgan fingerprint density at radius 1 is 1.47 bits per heavy atom. The SMILES string of the molecule is CCC(CC)(C1CCC(=O)S1)P(=O)(O)O. The molecule has 1 unspecified atom stereocenters. The maximum absolute atomic E-state index is 11.6. The molecule has 0 aromatic carbocycles. The van der Waals surface area contributed by atoms with Crippen molar-refractivity contribution in [2.75, 3.05) is 0 Å². The molecule has 2 N–H and O–H groups in total. The second-order valence-corrected chi connectivity index (χ2v) is 7.11. The van der Waals surface area contributed by atoms with Crippen molar-refractivity contribution in [3.8, 4) is 0 Å². The molecule has 0 radical (unpaired) electrons. The minimum Gasteiger partial charge on any atom is -0.324 e. The van der Waals surface area contributed by atoms with Gasteiger partial charge in [-0.1, -0.05) is 25.6 Å². The molecule has 0 saturated carbocycles. The molecule has 1 aliphatic heterocycles. The average Bonchev–Trinajstić information content (AvgIpc) is 2.53. The van der Waals surface area contributed by atoms with Crippen LogP contribution >= 0.6 is 19.4 Å². The molecular weight excluding hydrogens is 235 g/mol. The minimum absolute atomic E-state index is 0.0553. The van der Waals surface area contributed by atoms with Gasteiger partial charge in [-0.15, -0.1) is 0 Å². The zero-order chi connectivity index (χ0) is 11.7. The standard InChI is InChI=1S/C9H17O4PS/c1-3-9(4-2,14(11,12)13)7-5-6-8(10)15-7/h7H,3-6H2,1-2H3,(H2,11,12,13). The molecule has 1 aliphatic rings. The van der Waals surface area contributed by atoms with Gasteiger partial charge in [-0.2, -0.15) is 0 Å². The van der Waals surface area contributed by atoms with Crippen molar-refractivity contribution in [3.05, 3.63) is 0 Å². The molecule has 4 nitrogen and oxygen atoms in total. The fourth-order valence-electron chi connectivity index (χ4n) is 2.21. The molecule has 88 valence electrons. The predicted molar refractivity (Wildman–Crippen MR) is 61.0 cm³/mol. The largest absolute Gasteiger partial charge is 0.332 e. The van der Waals surface area contributed by atoms with Gasteiger partial charge in [-0.3, -0.25) is 9.36 Å². The molecule has 0 aliphatic carbocycles. The van der Waals surface area contributed by atoms with E-state index in [1.807, 2.05) is 0 Å². The van der Waals surface area contributed by atoms with Crippen LogP contribution in [0.25, 0.3) is 0 Å². The summed E-state index contributed by atoms with van der Waals surface area (Å²) in [6, 6.07) is 0. The van der Waals surface area contributed by atoms with E-state index in [0.29, 0.717) is 25.7 Å². The van der Waals surface area contributed by atoms with Gasteiger partial charge in [0.15, 0.2) is 5.12 Å². The fourth-order valence-corrected chi connectivity index (χ4v) is 5.45. The highest BCUT2D eigenvalue weighted by Crippen LogP contribution is 2.61. The average molecular weight is 252 g/mol. The van der Waals surface area contributed by atoms with E-state index in [1.165, 1.54) is 0 Å². The van der Waals surface area contributed by atoms with E-state index in [2.05, 4.69) is 0 Å². The Balaban J connectivity index is 3.01. The summed E-state index contributed by atoms with van der Waals surface area (Å²) < 4.78 is 11.6. The van der Waals surface area contributed by atoms with Crippen molar-refractivity contribution < 1.29 is 19.1 Å². The first-order valence-electron chi connectivity index (χ1n) is 5.12. The number of hydrogen-bond donors (Lipinski definition) is 2. The zero-order valence-electron chi connectivity index (χ0n) is 8.97. The first-order chi connectivity index (χ1) is 6.87. The van der Waals surface area contributed by atoms with E-state index in [1.54, 1.807) is 13.8 Å². The van der Waals surface area contributed by atoms with Gasteiger partial charge in [-0.05, 0) is 19.3 Å². The normalized spacial score (nSPS) is 23.5. The van der Waals surface area contributed by atoms with Gasteiger partial charge in [0.25, 0.3) is 0 Å². The lowest BCUT2D eigenvalue weighted by Crippen LogP contribution is -2.37. The van der Waals surface area contributed by atoms with Crippen LogP contribution in [-0.2, 0) is 9.36 Å². The van der Waals surface area contributed by atoms with Crippen LogP contribution in [0.1, 0.15) is 39.5 Å². The number of hydrogen-bond acceptors (Lipinski definition) is 3. The van der Waals surface area contributed by atoms with Crippen molar-refractivity contribution in [2.45, 2.75) is 49.9 Å². The monoisotopic (exact) mass is 252 g/mol. The van der Waals surface area contributed by atoms with Gasteiger partial charge in [0.1, 0.15) is 0 Å². The molecule has 0 spiro atoms. The van der Waals surface area contributed by atoms with E-state index in [9.17, 15) is 19.1 Å². The van der Waals surface area contributed by atoms with Crippen LogP contribution in [0.5, 0.6) is 0 Å². The van der Waals surface area contributed by atoms with Gasteiger partial charge in [0.2, 0.25) is 0 Å². The molecule has 1 atom stereocenters. The Hall–Kier alpha value is 0.170. The molecule has 0 aromatic heterocycles. The van der Waals surface area contributed by atoms with Crippen LogP contribution in [0.4, 0.5) is 0 Å². The smallest absolute Gasteiger partial charge is 0.324 e. The lowest BCUT2D eigenvalue weighted by atomic mass is 9.95. The first kappa shape index (κ1) is 13.2.